The van der Waals surface area contributed by atoms with Gasteiger partial charge in [0.2, 0.25) is 0 Å². The monoisotopic (exact) mass is 316 g/mol. The SMILES string of the molecule is O=c1c2ccsc2ccn1C[C@@H](O)c1cccc([N+](=O)[O-])c1. The second kappa shape index (κ2) is 5.70. The number of hydrogen-bond donors (Lipinski definition) is 1. The molecule has 0 aliphatic carbocycles. The zero-order chi connectivity index (χ0) is 15.7. The van der Waals surface area contributed by atoms with E-state index >= 15 is 0 Å². The largest absolute Gasteiger partial charge is 0.387 e. The fraction of sp³-hybridized carbons (Fsp3) is 0.133. The van der Waals surface area contributed by atoms with E-state index in [9.17, 15) is 20.0 Å². The first-order chi connectivity index (χ1) is 10.6. The van der Waals surface area contributed by atoms with Gasteiger partial charge in [-0.2, -0.15) is 0 Å². The molecule has 3 aromatic rings. The van der Waals surface area contributed by atoms with Crippen LogP contribution in [0, 0.1) is 10.1 Å². The first-order valence-corrected chi connectivity index (χ1v) is 7.43. The van der Waals surface area contributed by atoms with Gasteiger partial charge >= 0.3 is 0 Å². The molecule has 0 aliphatic rings. The maximum Gasteiger partial charge on any atom is 0.269 e. The van der Waals surface area contributed by atoms with Crippen LogP contribution >= 0.6 is 11.3 Å². The van der Waals surface area contributed by atoms with Gasteiger partial charge in [0, 0.05) is 23.0 Å². The number of nitro groups is 1. The van der Waals surface area contributed by atoms with Crippen LogP contribution in [0.15, 0.2) is 52.8 Å². The van der Waals surface area contributed by atoms with Crippen molar-refractivity contribution >= 4 is 27.1 Å². The van der Waals surface area contributed by atoms with E-state index in [1.807, 2.05) is 11.4 Å². The summed E-state index contributed by atoms with van der Waals surface area (Å²) in [4.78, 5) is 22.5. The van der Waals surface area contributed by atoms with E-state index in [1.165, 1.54) is 34.1 Å². The molecule has 112 valence electrons. The third-order valence-electron chi connectivity index (χ3n) is 3.43. The van der Waals surface area contributed by atoms with Gasteiger partial charge < -0.3 is 9.67 Å². The van der Waals surface area contributed by atoms with Crippen LogP contribution in [0.2, 0.25) is 0 Å². The number of pyridine rings is 1. The van der Waals surface area contributed by atoms with Crippen molar-refractivity contribution in [1.29, 1.82) is 0 Å². The molecule has 0 unspecified atom stereocenters. The summed E-state index contributed by atoms with van der Waals surface area (Å²) in [5.41, 5.74) is 0.145. The molecule has 0 bridgehead atoms. The van der Waals surface area contributed by atoms with Crippen LogP contribution in [0.4, 0.5) is 5.69 Å². The third-order valence-corrected chi connectivity index (χ3v) is 4.31. The highest BCUT2D eigenvalue weighted by Gasteiger charge is 2.14. The van der Waals surface area contributed by atoms with Crippen LogP contribution in [0.3, 0.4) is 0 Å². The van der Waals surface area contributed by atoms with Crippen molar-refractivity contribution in [2.75, 3.05) is 0 Å². The van der Waals surface area contributed by atoms with Crippen LogP contribution in [-0.2, 0) is 6.54 Å². The molecule has 22 heavy (non-hydrogen) atoms. The summed E-state index contributed by atoms with van der Waals surface area (Å²) in [7, 11) is 0. The van der Waals surface area contributed by atoms with Crippen molar-refractivity contribution in [3.63, 3.8) is 0 Å². The highest BCUT2D eigenvalue weighted by molar-refractivity contribution is 7.17. The normalized spacial score (nSPS) is 12.4. The molecule has 0 radical (unpaired) electrons. The lowest BCUT2D eigenvalue weighted by Gasteiger charge is -2.13. The van der Waals surface area contributed by atoms with E-state index < -0.39 is 11.0 Å². The van der Waals surface area contributed by atoms with Gasteiger partial charge in [-0.05, 0) is 23.1 Å². The predicted octanol–water partition coefficient (Wildman–Crippen LogP) is 2.70. The lowest BCUT2D eigenvalue weighted by atomic mass is 10.1. The second-order valence-electron chi connectivity index (χ2n) is 4.84. The number of aromatic nitrogens is 1. The van der Waals surface area contributed by atoms with Gasteiger partial charge in [-0.1, -0.05) is 12.1 Å². The van der Waals surface area contributed by atoms with E-state index in [2.05, 4.69) is 0 Å². The number of hydrogen-bond acceptors (Lipinski definition) is 5. The van der Waals surface area contributed by atoms with Crippen LogP contribution in [-0.4, -0.2) is 14.6 Å². The van der Waals surface area contributed by atoms with Crippen LogP contribution in [0.5, 0.6) is 0 Å². The summed E-state index contributed by atoms with van der Waals surface area (Å²) >= 11 is 1.48. The number of fused-ring (bicyclic) bond motifs is 1. The Morgan fingerprint density at radius 2 is 2.14 bits per heavy atom. The van der Waals surface area contributed by atoms with Crippen molar-refractivity contribution in [2.45, 2.75) is 12.6 Å². The fourth-order valence-corrected chi connectivity index (χ4v) is 3.06. The number of aliphatic hydroxyl groups is 1. The Bertz CT molecular complexity index is 900. The zero-order valence-corrected chi connectivity index (χ0v) is 12.2. The Morgan fingerprint density at radius 1 is 1.32 bits per heavy atom. The molecule has 3 rings (SSSR count). The lowest BCUT2D eigenvalue weighted by Crippen LogP contribution is -2.22. The van der Waals surface area contributed by atoms with Crippen molar-refractivity contribution in [2.24, 2.45) is 0 Å². The summed E-state index contributed by atoms with van der Waals surface area (Å²) in [5, 5.41) is 23.5. The van der Waals surface area contributed by atoms with Crippen LogP contribution < -0.4 is 5.56 Å². The predicted molar refractivity (Wildman–Crippen MR) is 84.1 cm³/mol. The minimum atomic E-state index is -0.992. The molecule has 1 N–H and O–H groups in total. The first kappa shape index (κ1) is 14.4. The van der Waals surface area contributed by atoms with E-state index in [0.29, 0.717) is 10.9 Å². The average Bonchev–Trinajstić information content (AvgIpc) is 2.99. The highest BCUT2D eigenvalue weighted by atomic mass is 32.1. The number of aliphatic hydroxyl groups excluding tert-OH is 1. The fourth-order valence-electron chi connectivity index (χ4n) is 2.29. The topological polar surface area (TPSA) is 85.4 Å². The maximum absolute atomic E-state index is 12.3. The summed E-state index contributed by atoms with van der Waals surface area (Å²) in [5.74, 6) is 0. The average molecular weight is 316 g/mol. The van der Waals surface area contributed by atoms with Gasteiger partial charge in [0.05, 0.1) is 23.0 Å². The summed E-state index contributed by atoms with van der Waals surface area (Å²) in [6.07, 6.45) is 0.635. The van der Waals surface area contributed by atoms with E-state index in [4.69, 9.17) is 0 Å². The van der Waals surface area contributed by atoms with Gasteiger partial charge in [0.1, 0.15) is 0 Å². The summed E-state index contributed by atoms with van der Waals surface area (Å²) < 4.78 is 2.31. The number of benzene rings is 1. The van der Waals surface area contributed by atoms with Gasteiger partial charge in [0.15, 0.2) is 0 Å². The Labute approximate surface area is 129 Å². The van der Waals surface area contributed by atoms with Crippen molar-refractivity contribution in [3.8, 4) is 0 Å². The zero-order valence-electron chi connectivity index (χ0n) is 11.4. The molecule has 7 heteroatoms. The standard InChI is InChI=1S/C15H12N2O4S/c18-13(10-2-1-3-11(8-10)17(20)21)9-16-6-4-14-12(15(16)19)5-7-22-14/h1-8,13,18H,9H2/t13-/m1/s1. The van der Waals surface area contributed by atoms with E-state index in [1.54, 1.807) is 18.3 Å². The quantitative estimate of drug-likeness (QED) is 0.592. The van der Waals surface area contributed by atoms with E-state index in [0.717, 1.165) is 4.70 Å². The number of rotatable bonds is 4. The van der Waals surface area contributed by atoms with Gasteiger partial charge in [-0.15, -0.1) is 11.3 Å². The first-order valence-electron chi connectivity index (χ1n) is 6.55. The lowest BCUT2D eigenvalue weighted by molar-refractivity contribution is -0.385. The van der Waals surface area contributed by atoms with Crippen molar-refractivity contribution < 1.29 is 10.0 Å². The number of non-ortho nitro benzene ring substituents is 1. The molecule has 0 aliphatic heterocycles. The molecule has 0 spiro atoms. The van der Waals surface area contributed by atoms with Crippen LogP contribution in [0.1, 0.15) is 11.7 Å². The second-order valence-corrected chi connectivity index (χ2v) is 5.79. The highest BCUT2D eigenvalue weighted by Crippen LogP contribution is 2.21. The number of nitrogens with zero attached hydrogens (tertiary/aromatic N) is 2. The third kappa shape index (κ3) is 2.63. The minimum absolute atomic E-state index is 0.0474. The smallest absolute Gasteiger partial charge is 0.269 e. The molecule has 1 atom stereocenters. The van der Waals surface area contributed by atoms with Crippen molar-refractivity contribution in [1.82, 2.24) is 4.57 Å². The molecule has 1 aromatic carbocycles. The Morgan fingerprint density at radius 3 is 2.91 bits per heavy atom. The Balaban J connectivity index is 1.91. The van der Waals surface area contributed by atoms with Gasteiger partial charge in [-0.3, -0.25) is 14.9 Å². The molecule has 0 amide bonds. The molecular weight excluding hydrogens is 304 g/mol. The number of nitro benzene ring substituents is 1. The Hall–Kier alpha value is -2.51. The number of thiophene rings is 1. The maximum atomic E-state index is 12.3. The van der Waals surface area contributed by atoms with Gasteiger partial charge in [-0.25, -0.2) is 0 Å². The van der Waals surface area contributed by atoms with E-state index in [-0.39, 0.29) is 17.8 Å². The van der Waals surface area contributed by atoms with Crippen molar-refractivity contribution in [3.05, 3.63) is 74.0 Å². The molecule has 6 nitrogen and oxygen atoms in total. The Kier molecular flexibility index (Phi) is 3.74. The summed E-state index contributed by atoms with van der Waals surface area (Å²) in [6.45, 7) is 0.0474. The molecule has 2 aromatic heterocycles. The molecule has 0 fully saturated rings. The summed E-state index contributed by atoms with van der Waals surface area (Å²) in [6, 6.07) is 9.37. The minimum Gasteiger partial charge on any atom is -0.387 e. The molecule has 2 heterocycles. The van der Waals surface area contributed by atoms with Crippen LogP contribution in [0.25, 0.3) is 10.1 Å². The molecule has 0 saturated carbocycles. The molecule has 0 saturated heterocycles. The van der Waals surface area contributed by atoms with Gasteiger partial charge in [0.25, 0.3) is 11.2 Å². The molecular formula is C15H12N2O4S.